The monoisotopic (exact) mass is 236 g/mol. The van der Waals surface area contributed by atoms with E-state index in [0.29, 0.717) is 0 Å². The summed E-state index contributed by atoms with van der Waals surface area (Å²) in [6.07, 6.45) is 0. The molecule has 1 heterocycles. The maximum Gasteiger partial charge on any atom is 0.344 e. The van der Waals surface area contributed by atoms with E-state index in [1.807, 2.05) is 5.32 Å². The number of hydrogen-bond donors (Lipinski definition) is 4. The zero-order chi connectivity index (χ0) is 12.6. The van der Waals surface area contributed by atoms with Crippen LogP contribution in [0.25, 0.3) is 0 Å². The molecule has 0 aliphatic carbocycles. The number of amides is 3. The van der Waals surface area contributed by atoms with Crippen LogP contribution in [0.5, 0.6) is 5.75 Å². The molecule has 0 saturated carbocycles. The number of benzene rings is 1. The Morgan fingerprint density at radius 3 is 2.18 bits per heavy atom. The highest BCUT2D eigenvalue weighted by molar-refractivity contribution is 6.18. The third kappa shape index (κ3) is 1.48. The number of phenols is 1. The highest BCUT2D eigenvalue weighted by atomic mass is 16.4. The van der Waals surface area contributed by atoms with Gasteiger partial charge in [-0.25, -0.2) is 9.59 Å². The molecule has 1 aliphatic rings. The van der Waals surface area contributed by atoms with Gasteiger partial charge in [-0.2, -0.15) is 0 Å². The number of carboxylic acids is 1. The zero-order valence-electron chi connectivity index (χ0n) is 8.43. The van der Waals surface area contributed by atoms with E-state index in [2.05, 4.69) is 5.32 Å². The Bertz CT molecular complexity index is 510. The van der Waals surface area contributed by atoms with Gasteiger partial charge in [-0.05, 0) is 17.7 Å². The second kappa shape index (κ2) is 3.48. The van der Waals surface area contributed by atoms with Crippen LogP contribution in [0.15, 0.2) is 24.3 Å². The van der Waals surface area contributed by atoms with Crippen LogP contribution in [0, 0.1) is 0 Å². The normalized spacial score (nSPS) is 23.1. The van der Waals surface area contributed by atoms with Crippen LogP contribution < -0.4 is 10.6 Å². The highest BCUT2D eigenvalue weighted by Gasteiger charge is 2.54. The molecular formula is C10H8N2O5. The summed E-state index contributed by atoms with van der Waals surface area (Å²) in [6, 6.07) is 4.12. The van der Waals surface area contributed by atoms with E-state index < -0.39 is 23.4 Å². The van der Waals surface area contributed by atoms with Gasteiger partial charge in [-0.3, -0.25) is 10.1 Å². The largest absolute Gasteiger partial charge is 0.508 e. The van der Waals surface area contributed by atoms with Crippen molar-refractivity contribution in [3.8, 4) is 5.75 Å². The average Bonchev–Trinajstić information content (AvgIpc) is 2.56. The molecule has 1 aliphatic heterocycles. The molecular weight excluding hydrogens is 228 g/mol. The summed E-state index contributed by atoms with van der Waals surface area (Å²) < 4.78 is 0. The number of imide groups is 1. The lowest BCUT2D eigenvalue weighted by molar-refractivity contribution is -0.149. The third-order valence-electron chi connectivity index (χ3n) is 2.49. The number of nitrogens with one attached hydrogen (secondary N) is 2. The second-order valence-corrected chi connectivity index (χ2v) is 3.51. The van der Waals surface area contributed by atoms with E-state index in [-0.39, 0.29) is 11.3 Å². The van der Waals surface area contributed by atoms with Crippen molar-refractivity contribution < 1.29 is 24.6 Å². The Balaban J connectivity index is 2.56. The summed E-state index contributed by atoms with van der Waals surface area (Å²) in [5.74, 6) is -2.52. The number of carbonyl (C=O) groups is 3. The van der Waals surface area contributed by atoms with Crippen molar-refractivity contribution in [2.75, 3.05) is 0 Å². The molecule has 88 valence electrons. The number of aromatic hydroxyl groups is 1. The number of phenolic OH excluding ortho intramolecular Hbond substituents is 1. The van der Waals surface area contributed by atoms with Crippen LogP contribution in [0.4, 0.5) is 4.79 Å². The van der Waals surface area contributed by atoms with Crippen LogP contribution in [0.3, 0.4) is 0 Å². The first-order valence-corrected chi connectivity index (χ1v) is 4.63. The van der Waals surface area contributed by atoms with Crippen molar-refractivity contribution in [1.82, 2.24) is 10.6 Å². The molecule has 1 fully saturated rings. The maximum atomic E-state index is 11.6. The van der Waals surface area contributed by atoms with Crippen molar-refractivity contribution in [3.63, 3.8) is 0 Å². The Labute approximate surface area is 95.1 Å². The number of aliphatic carboxylic acids is 1. The molecule has 1 atom stereocenters. The van der Waals surface area contributed by atoms with Crippen LogP contribution in [-0.2, 0) is 15.1 Å². The average molecular weight is 236 g/mol. The van der Waals surface area contributed by atoms with Gasteiger partial charge >= 0.3 is 12.0 Å². The quantitative estimate of drug-likeness (QED) is 0.408. The van der Waals surface area contributed by atoms with Gasteiger partial charge in [0.15, 0.2) is 0 Å². The van der Waals surface area contributed by atoms with Gasteiger partial charge in [0.1, 0.15) is 5.75 Å². The molecule has 1 saturated heterocycles. The molecule has 2 rings (SSSR count). The smallest absolute Gasteiger partial charge is 0.344 e. The number of urea groups is 1. The van der Waals surface area contributed by atoms with Gasteiger partial charge in [-0.15, -0.1) is 0 Å². The van der Waals surface area contributed by atoms with Crippen LogP contribution >= 0.6 is 0 Å². The summed E-state index contributed by atoms with van der Waals surface area (Å²) >= 11 is 0. The Morgan fingerprint density at radius 1 is 1.18 bits per heavy atom. The number of rotatable bonds is 2. The van der Waals surface area contributed by atoms with Gasteiger partial charge in [0.05, 0.1) is 0 Å². The van der Waals surface area contributed by atoms with E-state index in [9.17, 15) is 14.4 Å². The molecule has 1 aromatic rings. The minimum atomic E-state index is -2.13. The predicted molar refractivity (Wildman–Crippen MR) is 54.1 cm³/mol. The molecule has 7 nitrogen and oxygen atoms in total. The van der Waals surface area contributed by atoms with Crippen molar-refractivity contribution in [3.05, 3.63) is 29.8 Å². The fourth-order valence-corrected chi connectivity index (χ4v) is 1.64. The lowest BCUT2D eigenvalue weighted by Crippen LogP contribution is -2.50. The third-order valence-corrected chi connectivity index (χ3v) is 2.49. The molecule has 0 bridgehead atoms. The van der Waals surface area contributed by atoms with Crippen LogP contribution in [-0.4, -0.2) is 28.1 Å². The van der Waals surface area contributed by atoms with Crippen molar-refractivity contribution >= 4 is 17.9 Å². The van der Waals surface area contributed by atoms with Crippen molar-refractivity contribution in [2.45, 2.75) is 5.54 Å². The van der Waals surface area contributed by atoms with Gasteiger partial charge in [0.25, 0.3) is 5.91 Å². The van der Waals surface area contributed by atoms with Gasteiger partial charge in [0.2, 0.25) is 5.54 Å². The Morgan fingerprint density at radius 2 is 1.76 bits per heavy atom. The number of hydrogen-bond acceptors (Lipinski definition) is 4. The Hall–Kier alpha value is -2.57. The van der Waals surface area contributed by atoms with Crippen LogP contribution in [0.1, 0.15) is 5.56 Å². The standard InChI is InChI=1S/C10H8N2O5/c13-6-3-1-5(2-4-6)10(8(15)16)7(14)11-9(17)12-10/h1-4,13H,(H,15,16)(H2,11,12,14,17). The molecule has 0 spiro atoms. The molecule has 1 unspecified atom stereocenters. The molecule has 17 heavy (non-hydrogen) atoms. The molecule has 7 heteroatoms. The van der Waals surface area contributed by atoms with E-state index in [4.69, 9.17) is 10.2 Å². The van der Waals surface area contributed by atoms with Crippen LogP contribution in [0.2, 0.25) is 0 Å². The minimum Gasteiger partial charge on any atom is -0.508 e. The lowest BCUT2D eigenvalue weighted by atomic mass is 9.90. The van der Waals surface area contributed by atoms with E-state index in [0.717, 1.165) is 0 Å². The first kappa shape index (κ1) is 10.9. The maximum absolute atomic E-state index is 11.6. The SMILES string of the molecule is O=C1NC(=O)C(C(=O)O)(c2ccc(O)cc2)N1. The zero-order valence-corrected chi connectivity index (χ0v) is 8.43. The molecule has 0 radical (unpaired) electrons. The van der Waals surface area contributed by atoms with E-state index in [1.54, 1.807) is 0 Å². The summed E-state index contributed by atoms with van der Waals surface area (Å²) in [7, 11) is 0. The van der Waals surface area contributed by atoms with E-state index in [1.165, 1.54) is 24.3 Å². The first-order valence-electron chi connectivity index (χ1n) is 4.63. The topological polar surface area (TPSA) is 116 Å². The summed E-state index contributed by atoms with van der Waals surface area (Å²) in [6.45, 7) is 0. The van der Waals surface area contributed by atoms with Gasteiger partial charge in [-0.1, -0.05) is 12.1 Å². The number of carboxylic acid groups (broad SMARTS) is 1. The summed E-state index contributed by atoms with van der Waals surface area (Å²) in [5, 5.41) is 22.2. The fraction of sp³-hybridized carbons (Fsp3) is 0.100. The highest BCUT2D eigenvalue weighted by Crippen LogP contribution is 2.26. The fourth-order valence-electron chi connectivity index (χ4n) is 1.64. The van der Waals surface area contributed by atoms with Gasteiger partial charge in [0, 0.05) is 0 Å². The van der Waals surface area contributed by atoms with Crippen molar-refractivity contribution in [2.24, 2.45) is 0 Å². The molecule has 3 amide bonds. The summed E-state index contributed by atoms with van der Waals surface area (Å²) in [5.41, 5.74) is -2.07. The first-order chi connectivity index (χ1) is 7.96. The van der Waals surface area contributed by atoms with Gasteiger partial charge < -0.3 is 15.5 Å². The van der Waals surface area contributed by atoms with E-state index >= 15 is 0 Å². The second-order valence-electron chi connectivity index (χ2n) is 3.51. The molecule has 4 N–H and O–H groups in total. The molecule has 1 aromatic carbocycles. The lowest BCUT2D eigenvalue weighted by Gasteiger charge is -2.21. The summed E-state index contributed by atoms with van der Waals surface area (Å²) in [4.78, 5) is 33.9. The number of carbonyl (C=O) groups excluding carboxylic acids is 2. The van der Waals surface area contributed by atoms with Crippen molar-refractivity contribution in [1.29, 1.82) is 0 Å². The predicted octanol–water partition coefficient (Wildman–Crippen LogP) is -0.489. The Kier molecular flexibility index (Phi) is 2.24. The minimum absolute atomic E-state index is 0.0613. The molecule has 0 aromatic heterocycles.